The molecule has 2 rings (SSSR count). The minimum absolute atomic E-state index is 0.228. The minimum atomic E-state index is -1.26. The first-order valence-corrected chi connectivity index (χ1v) is 5.12. The fourth-order valence-corrected chi connectivity index (χ4v) is 1.50. The first-order valence-electron chi connectivity index (χ1n) is 5.12. The third-order valence-corrected chi connectivity index (χ3v) is 2.29. The van der Waals surface area contributed by atoms with E-state index in [0.717, 1.165) is 11.6 Å². The van der Waals surface area contributed by atoms with Crippen molar-refractivity contribution in [3.05, 3.63) is 63.6 Å². The molecule has 2 N–H and O–H groups in total. The number of H-pyrrole nitrogens is 1. The molecule has 1 aromatic carbocycles. The van der Waals surface area contributed by atoms with E-state index < -0.39 is 11.5 Å². The Morgan fingerprint density at radius 3 is 2.61 bits per heavy atom. The minimum Gasteiger partial charge on any atom is -0.477 e. The summed E-state index contributed by atoms with van der Waals surface area (Å²) in [7, 11) is 0. The van der Waals surface area contributed by atoms with Crippen LogP contribution in [0.3, 0.4) is 0 Å². The van der Waals surface area contributed by atoms with Crippen molar-refractivity contribution >= 4 is 5.97 Å². The molecule has 0 fully saturated rings. The zero-order chi connectivity index (χ0) is 13.1. The van der Waals surface area contributed by atoms with E-state index in [-0.39, 0.29) is 23.8 Å². The van der Waals surface area contributed by atoms with Gasteiger partial charge in [0.15, 0.2) is 5.69 Å². The van der Waals surface area contributed by atoms with Gasteiger partial charge < -0.3 is 10.1 Å². The van der Waals surface area contributed by atoms with E-state index in [0.29, 0.717) is 0 Å². The van der Waals surface area contributed by atoms with Crippen molar-refractivity contribution in [3.8, 4) is 0 Å². The van der Waals surface area contributed by atoms with Gasteiger partial charge in [0.05, 0.1) is 0 Å². The Morgan fingerprint density at radius 1 is 1.33 bits per heavy atom. The van der Waals surface area contributed by atoms with Gasteiger partial charge in [0.2, 0.25) is 0 Å². The molecule has 18 heavy (non-hydrogen) atoms. The van der Waals surface area contributed by atoms with Gasteiger partial charge in [-0.3, -0.25) is 4.79 Å². The molecule has 0 amide bonds. The van der Waals surface area contributed by atoms with Crippen LogP contribution in [0.5, 0.6) is 0 Å². The van der Waals surface area contributed by atoms with Gasteiger partial charge in [-0.05, 0) is 17.7 Å². The number of carbonyl (C=O) groups is 1. The summed E-state index contributed by atoms with van der Waals surface area (Å²) < 4.78 is 12.7. The van der Waals surface area contributed by atoms with Crippen LogP contribution in [-0.4, -0.2) is 21.0 Å². The average Bonchev–Trinajstić information content (AvgIpc) is 2.31. The van der Waals surface area contributed by atoms with Crippen molar-refractivity contribution in [2.24, 2.45) is 0 Å². The van der Waals surface area contributed by atoms with Crippen LogP contribution in [0, 0.1) is 5.82 Å². The Morgan fingerprint density at radius 2 is 2.00 bits per heavy atom. The van der Waals surface area contributed by atoms with Crippen LogP contribution in [0.2, 0.25) is 0 Å². The van der Waals surface area contributed by atoms with Crippen molar-refractivity contribution in [2.45, 2.75) is 6.42 Å². The van der Waals surface area contributed by atoms with Gasteiger partial charge in [0, 0.05) is 12.5 Å². The Kier molecular flexibility index (Phi) is 3.18. The lowest BCUT2D eigenvalue weighted by molar-refractivity contribution is 0.0689. The second kappa shape index (κ2) is 4.79. The topological polar surface area (TPSA) is 83.0 Å². The lowest BCUT2D eigenvalue weighted by Crippen LogP contribution is -2.15. The predicted molar refractivity (Wildman–Crippen MR) is 61.0 cm³/mol. The Labute approximate surface area is 101 Å². The van der Waals surface area contributed by atoms with Gasteiger partial charge in [0.1, 0.15) is 11.6 Å². The highest BCUT2D eigenvalue weighted by atomic mass is 19.1. The van der Waals surface area contributed by atoms with E-state index in [9.17, 15) is 14.0 Å². The van der Waals surface area contributed by atoms with Gasteiger partial charge in [-0.25, -0.2) is 14.2 Å². The molecule has 0 saturated heterocycles. The number of aromatic carboxylic acids is 1. The monoisotopic (exact) mass is 248 g/mol. The molecule has 92 valence electrons. The van der Waals surface area contributed by atoms with Crippen molar-refractivity contribution in [3.63, 3.8) is 0 Å². The van der Waals surface area contributed by atoms with Gasteiger partial charge in [-0.2, -0.15) is 0 Å². The molecule has 1 heterocycles. The molecule has 0 spiro atoms. The number of hydrogen-bond donors (Lipinski definition) is 2. The lowest BCUT2D eigenvalue weighted by atomic mass is 10.1. The maximum absolute atomic E-state index is 12.7. The maximum Gasteiger partial charge on any atom is 0.354 e. The van der Waals surface area contributed by atoms with Crippen molar-refractivity contribution in [1.29, 1.82) is 0 Å². The normalized spacial score (nSPS) is 10.3. The first kappa shape index (κ1) is 12.0. The van der Waals surface area contributed by atoms with Crippen LogP contribution < -0.4 is 5.56 Å². The third-order valence-electron chi connectivity index (χ3n) is 2.29. The number of halogens is 1. The summed E-state index contributed by atoms with van der Waals surface area (Å²) in [4.78, 5) is 28.2. The van der Waals surface area contributed by atoms with E-state index in [1.54, 1.807) is 12.1 Å². The van der Waals surface area contributed by atoms with Crippen molar-refractivity contribution in [1.82, 2.24) is 9.97 Å². The van der Waals surface area contributed by atoms with Crippen molar-refractivity contribution in [2.75, 3.05) is 0 Å². The second-order valence-electron chi connectivity index (χ2n) is 3.69. The van der Waals surface area contributed by atoms with Crippen molar-refractivity contribution < 1.29 is 14.3 Å². The summed E-state index contributed by atoms with van der Waals surface area (Å²) in [6, 6.07) is 6.57. The van der Waals surface area contributed by atoms with E-state index >= 15 is 0 Å². The summed E-state index contributed by atoms with van der Waals surface area (Å²) in [5.41, 5.74) is -0.113. The molecular weight excluding hydrogens is 239 g/mol. The van der Waals surface area contributed by atoms with Gasteiger partial charge in [-0.15, -0.1) is 0 Å². The summed E-state index contributed by atoms with van der Waals surface area (Å²) in [6.45, 7) is 0. The van der Waals surface area contributed by atoms with Crippen LogP contribution in [0.25, 0.3) is 0 Å². The zero-order valence-corrected chi connectivity index (χ0v) is 9.18. The molecule has 0 aliphatic rings. The van der Waals surface area contributed by atoms with E-state index in [4.69, 9.17) is 5.11 Å². The highest BCUT2D eigenvalue weighted by Gasteiger charge is 2.08. The first-order chi connectivity index (χ1) is 8.54. The summed E-state index contributed by atoms with van der Waals surface area (Å²) in [5.74, 6) is -1.40. The second-order valence-corrected chi connectivity index (χ2v) is 3.69. The summed E-state index contributed by atoms with van der Waals surface area (Å²) in [5, 5.41) is 8.77. The molecule has 0 aliphatic heterocycles. The molecule has 0 bridgehead atoms. The highest BCUT2D eigenvalue weighted by molar-refractivity contribution is 5.85. The Balaban J connectivity index is 2.31. The average molecular weight is 248 g/mol. The largest absolute Gasteiger partial charge is 0.477 e. The fourth-order valence-electron chi connectivity index (χ4n) is 1.50. The molecule has 2 aromatic rings. The van der Waals surface area contributed by atoms with E-state index in [1.807, 2.05) is 0 Å². The number of aromatic amines is 1. The van der Waals surface area contributed by atoms with Crippen LogP contribution in [0.1, 0.15) is 21.9 Å². The standard InChI is InChI=1S/C12H9FN2O3/c13-8-3-1-7(2-4-8)5-10-14-9(12(17)18)6-11(16)15-10/h1-4,6H,5H2,(H,17,18)(H,14,15,16). The smallest absolute Gasteiger partial charge is 0.354 e. The Bertz CT molecular complexity index is 635. The summed E-state index contributed by atoms with van der Waals surface area (Å²) >= 11 is 0. The lowest BCUT2D eigenvalue weighted by Gasteiger charge is -2.02. The van der Waals surface area contributed by atoms with E-state index in [1.165, 1.54) is 12.1 Å². The molecule has 0 unspecified atom stereocenters. The molecule has 5 nitrogen and oxygen atoms in total. The van der Waals surface area contributed by atoms with Gasteiger partial charge >= 0.3 is 5.97 Å². The number of nitrogens with one attached hydrogen (secondary N) is 1. The SMILES string of the molecule is O=C(O)c1cc(=O)[nH]c(Cc2ccc(F)cc2)n1. The van der Waals surface area contributed by atoms with Gasteiger partial charge in [-0.1, -0.05) is 12.1 Å². The number of benzene rings is 1. The molecule has 0 atom stereocenters. The fraction of sp³-hybridized carbons (Fsp3) is 0.0833. The molecule has 1 aromatic heterocycles. The molecule has 0 aliphatic carbocycles. The zero-order valence-electron chi connectivity index (χ0n) is 9.18. The van der Waals surface area contributed by atoms with Gasteiger partial charge in [0.25, 0.3) is 5.56 Å². The molecule has 0 radical (unpaired) electrons. The van der Waals surface area contributed by atoms with Crippen LogP contribution in [-0.2, 0) is 6.42 Å². The number of aromatic nitrogens is 2. The number of carboxylic acid groups (broad SMARTS) is 1. The number of rotatable bonds is 3. The Hall–Kier alpha value is -2.50. The molecular formula is C12H9FN2O3. The van der Waals surface area contributed by atoms with Crippen LogP contribution in [0.4, 0.5) is 4.39 Å². The summed E-state index contributed by atoms with van der Waals surface area (Å²) in [6.07, 6.45) is 0.233. The van der Waals surface area contributed by atoms with E-state index in [2.05, 4.69) is 9.97 Å². The highest BCUT2D eigenvalue weighted by Crippen LogP contribution is 2.06. The quantitative estimate of drug-likeness (QED) is 0.854. The van der Waals surface area contributed by atoms with Crippen LogP contribution >= 0.6 is 0 Å². The third kappa shape index (κ3) is 2.79. The predicted octanol–water partition coefficient (Wildman–Crippen LogP) is 1.20. The molecule has 0 saturated carbocycles. The number of nitrogens with zero attached hydrogens (tertiary/aromatic N) is 1. The van der Waals surface area contributed by atoms with Crippen LogP contribution in [0.15, 0.2) is 35.1 Å². The maximum atomic E-state index is 12.7. The molecule has 6 heteroatoms. The number of hydrogen-bond acceptors (Lipinski definition) is 3. The number of carboxylic acids is 1.